The first-order valence-corrected chi connectivity index (χ1v) is 12.5. The van der Waals surface area contributed by atoms with Crippen LogP contribution in [0.4, 0.5) is 19.0 Å². The highest BCUT2D eigenvalue weighted by molar-refractivity contribution is 7.56. The van der Waals surface area contributed by atoms with Crippen molar-refractivity contribution in [1.29, 1.82) is 0 Å². The van der Waals surface area contributed by atoms with Crippen molar-refractivity contribution < 1.29 is 13.2 Å². The molecule has 170 valence electrons. The number of fused-ring (bicyclic) bond motifs is 1. The monoisotopic (exact) mass is 463 g/mol. The number of rotatable bonds is 5. The van der Waals surface area contributed by atoms with E-state index in [9.17, 15) is 18.0 Å². The van der Waals surface area contributed by atoms with Gasteiger partial charge in [0.1, 0.15) is 23.6 Å². The summed E-state index contributed by atoms with van der Waals surface area (Å²) < 4.78 is 41.9. The standard InChI is InChI=1S/C22H25F3N5OP/c1-30-20-15(10-16(21(30)31)22(26)6-8-32(2)9-7-22)19(28-12-29-20)27-11-13-4-3-5-14(17(13)23)18(24)25/h3-5,10,12,18H,6-9,11,26H2,1-2H3,(H,27,28,29). The number of aromatic nitrogens is 3. The highest BCUT2D eigenvalue weighted by Crippen LogP contribution is 2.44. The summed E-state index contributed by atoms with van der Waals surface area (Å²) in [6.07, 6.45) is 1.88. The second-order valence-electron chi connectivity index (χ2n) is 8.32. The van der Waals surface area contributed by atoms with Gasteiger partial charge in [-0.15, -0.1) is 7.92 Å². The van der Waals surface area contributed by atoms with E-state index in [0.29, 0.717) is 22.4 Å². The average molecular weight is 463 g/mol. The van der Waals surface area contributed by atoms with Crippen molar-refractivity contribution in [2.24, 2.45) is 12.8 Å². The minimum Gasteiger partial charge on any atom is -0.365 e. The van der Waals surface area contributed by atoms with Crippen LogP contribution < -0.4 is 16.6 Å². The summed E-state index contributed by atoms with van der Waals surface area (Å²) in [7, 11) is 1.58. The van der Waals surface area contributed by atoms with Crippen molar-refractivity contribution in [3.05, 3.63) is 63.5 Å². The van der Waals surface area contributed by atoms with E-state index in [-0.39, 0.29) is 25.6 Å². The quantitative estimate of drug-likeness (QED) is 0.557. The lowest BCUT2D eigenvalue weighted by Crippen LogP contribution is -2.45. The molecular weight excluding hydrogens is 438 g/mol. The van der Waals surface area contributed by atoms with Gasteiger partial charge in [0, 0.05) is 30.3 Å². The number of hydrogen-bond donors (Lipinski definition) is 2. The van der Waals surface area contributed by atoms with Gasteiger partial charge in [-0.25, -0.2) is 23.1 Å². The van der Waals surface area contributed by atoms with Crippen LogP contribution in [0.2, 0.25) is 0 Å². The van der Waals surface area contributed by atoms with Crippen LogP contribution >= 0.6 is 7.92 Å². The SMILES string of the molecule is Cn1c(=O)c(C2(N)CCP(C)CC2)cc2c(NCc3cccc(C(F)F)c3F)ncnc21. The molecule has 1 aromatic carbocycles. The topological polar surface area (TPSA) is 85.8 Å². The van der Waals surface area contributed by atoms with Crippen molar-refractivity contribution in [3.63, 3.8) is 0 Å². The number of anilines is 1. The maximum absolute atomic E-state index is 14.4. The molecule has 0 radical (unpaired) electrons. The van der Waals surface area contributed by atoms with Crippen LogP contribution in [-0.4, -0.2) is 33.5 Å². The molecule has 1 fully saturated rings. The molecule has 1 aliphatic rings. The third kappa shape index (κ3) is 4.11. The van der Waals surface area contributed by atoms with Crippen LogP contribution in [-0.2, 0) is 19.1 Å². The zero-order chi connectivity index (χ0) is 23.0. The molecule has 1 saturated heterocycles. The third-order valence-electron chi connectivity index (χ3n) is 6.21. The Morgan fingerprint density at radius 1 is 1.28 bits per heavy atom. The van der Waals surface area contributed by atoms with Gasteiger partial charge in [0.15, 0.2) is 0 Å². The minimum atomic E-state index is -2.90. The highest BCUT2D eigenvalue weighted by Gasteiger charge is 2.35. The molecule has 1 aliphatic heterocycles. The number of hydrogen-bond acceptors (Lipinski definition) is 5. The van der Waals surface area contributed by atoms with Gasteiger partial charge < -0.3 is 11.1 Å². The summed E-state index contributed by atoms with van der Waals surface area (Å²) >= 11 is 0. The predicted molar refractivity (Wildman–Crippen MR) is 121 cm³/mol. The molecular formula is C22H25F3N5OP. The number of nitrogens with one attached hydrogen (secondary N) is 1. The lowest BCUT2D eigenvalue weighted by Gasteiger charge is -2.36. The highest BCUT2D eigenvalue weighted by atomic mass is 31.1. The van der Waals surface area contributed by atoms with Crippen molar-refractivity contribution in [1.82, 2.24) is 14.5 Å². The normalized spacial score (nSPS) is 21.3. The van der Waals surface area contributed by atoms with E-state index < -0.39 is 23.3 Å². The van der Waals surface area contributed by atoms with Crippen molar-refractivity contribution in [2.45, 2.75) is 31.4 Å². The molecule has 10 heteroatoms. The molecule has 32 heavy (non-hydrogen) atoms. The summed E-state index contributed by atoms with van der Waals surface area (Å²) in [5.74, 6) is -0.563. The largest absolute Gasteiger partial charge is 0.365 e. The first kappa shape index (κ1) is 22.7. The zero-order valence-electron chi connectivity index (χ0n) is 17.9. The lowest BCUT2D eigenvalue weighted by molar-refractivity contribution is 0.146. The zero-order valence-corrected chi connectivity index (χ0v) is 18.8. The molecule has 0 aliphatic carbocycles. The van der Waals surface area contributed by atoms with Crippen molar-refractivity contribution in [2.75, 3.05) is 24.3 Å². The number of benzene rings is 1. The maximum Gasteiger partial charge on any atom is 0.266 e. The minimum absolute atomic E-state index is 0.0510. The Morgan fingerprint density at radius 2 is 2.00 bits per heavy atom. The van der Waals surface area contributed by atoms with E-state index in [1.54, 1.807) is 13.1 Å². The Labute approximate surface area is 184 Å². The van der Waals surface area contributed by atoms with Crippen LogP contribution in [0.5, 0.6) is 0 Å². The lowest BCUT2D eigenvalue weighted by atomic mass is 9.85. The van der Waals surface area contributed by atoms with Gasteiger partial charge in [0.2, 0.25) is 0 Å². The summed E-state index contributed by atoms with van der Waals surface area (Å²) in [5, 5.41) is 3.59. The van der Waals surface area contributed by atoms with Crippen LogP contribution in [0.25, 0.3) is 11.0 Å². The predicted octanol–water partition coefficient (Wildman–Crippen LogP) is 4.08. The maximum atomic E-state index is 14.4. The van der Waals surface area contributed by atoms with E-state index >= 15 is 0 Å². The van der Waals surface area contributed by atoms with Crippen LogP contribution in [0.15, 0.2) is 35.4 Å². The summed E-state index contributed by atoms with van der Waals surface area (Å²) in [5.41, 5.74) is 6.17. The van der Waals surface area contributed by atoms with E-state index in [0.717, 1.165) is 31.2 Å². The molecule has 6 nitrogen and oxygen atoms in total. The van der Waals surface area contributed by atoms with Gasteiger partial charge in [-0.2, -0.15) is 0 Å². The van der Waals surface area contributed by atoms with Gasteiger partial charge >= 0.3 is 0 Å². The second kappa shape index (κ2) is 8.79. The first-order valence-electron chi connectivity index (χ1n) is 10.3. The van der Waals surface area contributed by atoms with E-state index in [4.69, 9.17) is 5.73 Å². The molecule has 3 heterocycles. The summed E-state index contributed by atoms with van der Waals surface area (Å²) in [6.45, 7) is 2.19. The fourth-order valence-corrected chi connectivity index (χ4v) is 5.92. The third-order valence-corrected chi connectivity index (χ3v) is 8.18. The number of halogens is 3. The van der Waals surface area contributed by atoms with E-state index in [2.05, 4.69) is 21.9 Å². The Hall–Kier alpha value is -2.51. The molecule has 3 N–H and O–H groups in total. The smallest absolute Gasteiger partial charge is 0.266 e. The fraction of sp³-hybridized carbons (Fsp3) is 0.409. The number of alkyl halides is 2. The molecule has 0 amide bonds. The molecule has 0 unspecified atom stereocenters. The number of pyridine rings is 1. The fourth-order valence-electron chi connectivity index (χ4n) is 4.14. The Bertz CT molecular complexity index is 1210. The van der Waals surface area contributed by atoms with Gasteiger partial charge in [-0.05, 0) is 37.9 Å². The van der Waals surface area contributed by atoms with Crippen LogP contribution in [0, 0.1) is 5.82 Å². The summed E-state index contributed by atoms with van der Waals surface area (Å²) in [4.78, 5) is 21.6. The van der Waals surface area contributed by atoms with E-state index in [1.807, 2.05) is 0 Å². The number of nitrogens with two attached hydrogens (primary N) is 1. The van der Waals surface area contributed by atoms with E-state index in [1.165, 1.54) is 23.0 Å². The molecule has 2 aromatic heterocycles. The van der Waals surface area contributed by atoms with Crippen molar-refractivity contribution >= 4 is 24.8 Å². The number of nitrogens with zero attached hydrogens (tertiary/aromatic N) is 3. The Balaban J connectivity index is 1.73. The molecule has 0 atom stereocenters. The molecule has 0 bridgehead atoms. The number of aryl methyl sites for hydroxylation is 1. The first-order chi connectivity index (χ1) is 15.2. The molecule has 0 saturated carbocycles. The van der Waals surface area contributed by atoms with Gasteiger partial charge in [-0.1, -0.05) is 18.2 Å². The van der Waals surface area contributed by atoms with Crippen LogP contribution in [0.1, 0.15) is 36.0 Å². The van der Waals surface area contributed by atoms with Gasteiger partial charge in [0.25, 0.3) is 12.0 Å². The van der Waals surface area contributed by atoms with Gasteiger partial charge in [0.05, 0.1) is 10.9 Å². The average Bonchev–Trinajstić information content (AvgIpc) is 2.77. The second-order valence-corrected chi connectivity index (χ2v) is 10.9. The van der Waals surface area contributed by atoms with Gasteiger partial charge in [-0.3, -0.25) is 9.36 Å². The summed E-state index contributed by atoms with van der Waals surface area (Å²) in [6, 6.07) is 5.64. The Morgan fingerprint density at radius 3 is 2.69 bits per heavy atom. The van der Waals surface area contributed by atoms with Crippen LogP contribution in [0.3, 0.4) is 0 Å². The van der Waals surface area contributed by atoms with Crippen molar-refractivity contribution in [3.8, 4) is 0 Å². The Kier molecular flexibility index (Phi) is 6.23. The molecule has 4 rings (SSSR count). The molecule has 3 aromatic rings. The molecule has 0 spiro atoms.